The van der Waals surface area contributed by atoms with E-state index in [4.69, 9.17) is 0 Å². The van der Waals surface area contributed by atoms with Gasteiger partial charge in [0.25, 0.3) is 0 Å². The Morgan fingerprint density at radius 2 is 2.50 bits per heavy atom. The van der Waals surface area contributed by atoms with Crippen LogP contribution < -0.4 is 4.72 Å². The lowest BCUT2D eigenvalue weighted by atomic mass is 10.6. The van der Waals surface area contributed by atoms with Crippen LogP contribution in [0.4, 0.5) is 0 Å². The topological polar surface area (TPSA) is 46.2 Å². The van der Waals surface area contributed by atoms with Gasteiger partial charge in [-0.3, -0.25) is 14.3 Å². The minimum Gasteiger partial charge on any atom is -0.296 e. The van der Waals surface area contributed by atoms with Crippen molar-refractivity contribution in [2.24, 2.45) is 0 Å². The van der Waals surface area contributed by atoms with Crippen molar-refractivity contribution >= 4 is 23.5 Å². The molecule has 8 heavy (non-hydrogen) atoms. The van der Waals surface area contributed by atoms with Gasteiger partial charge in [-0.05, 0) is 0 Å². The van der Waals surface area contributed by atoms with Crippen molar-refractivity contribution in [1.29, 1.82) is 0 Å². The third kappa shape index (κ3) is 3.67. The molecule has 0 heterocycles. The summed E-state index contributed by atoms with van der Waals surface area (Å²) in [6.45, 7) is 1.74. The Balaban J connectivity index is 3.11. The summed E-state index contributed by atoms with van der Waals surface area (Å²) in [6.07, 6.45) is 0.934. The zero-order chi connectivity index (χ0) is 6.41. The predicted octanol–water partition coefficient (Wildman–Crippen LogP) is 0.317. The molecule has 1 amide bonds. The van der Waals surface area contributed by atoms with E-state index < -0.39 is 0 Å². The Kier molecular flexibility index (Phi) is 4.35. The third-order valence-electron chi connectivity index (χ3n) is 0.510. The van der Waals surface area contributed by atoms with Crippen LogP contribution in [0.2, 0.25) is 0 Å². The highest BCUT2D eigenvalue weighted by Gasteiger charge is 1.94. The van der Waals surface area contributed by atoms with Crippen LogP contribution in [-0.2, 0) is 9.59 Å². The molecule has 0 bridgehead atoms. The lowest BCUT2D eigenvalue weighted by Crippen LogP contribution is -2.03. The Labute approximate surface area is 52.0 Å². The molecule has 46 valence electrons. The van der Waals surface area contributed by atoms with E-state index in [1.165, 1.54) is 0 Å². The first-order valence-corrected chi connectivity index (χ1v) is 3.01. The minimum absolute atomic E-state index is 0.0305. The molecule has 3 nitrogen and oxygen atoms in total. The van der Waals surface area contributed by atoms with Crippen LogP contribution in [0.25, 0.3) is 0 Å². The van der Waals surface area contributed by atoms with Crippen LogP contribution in [0.3, 0.4) is 0 Å². The van der Waals surface area contributed by atoms with Gasteiger partial charge in [-0.25, -0.2) is 0 Å². The molecule has 0 saturated carbocycles. The summed E-state index contributed by atoms with van der Waals surface area (Å²) in [5.41, 5.74) is 0. The molecule has 0 aromatic rings. The van der Waals surface area contributed by atoms with Crippen molar-refractivity contribution in [3.8, 4) is 0 Å². The fourth-order valence-electron chi connectivity index (χ4n) is 0.162. The van der Waals surface area contributed by atoms with E-state index in [0.29, 0.717) is 12.8 Å². The van der Waals surface area contributed by atoms with Gasteiger partial charge in [-0.15, -0.1) is 0 Å². The van der Waals surface area contributed by atoms with Crippen LogP contribution >= 0.6 is 11.9 Å². The van der Waals surface area contributed by atoms with E-state index in [1.54, 1.807) is 6.92 Å². The molecular weight excluding hydrogens is 126 g/mol. The Morgan fingerprint density at radius 1 is 1.88 bits per heavy atom. The first-order valence-electron chi connectivity index (χ1n) is 2.20. The lowest BCUT2D eigenvalue weighted by Gasteiger charge is -1.89. The highest BCUT2D eigenvalue weighted by Crippen LogP contribution is 1.95. The highest BCUT2D eigenvalue weighted by molar-refractivity contribution is 8.12. The number of carbonyl (C=O) groups excluding carboxylic acids is 2. The smallest absolute Gasteiger partial charge is 0.217 e. The van der Waals surface area contributed by atoms with E-state index >= 15 is 0 Å². The number of nitrogens with one attached hydrogen (secondary N) is 1. The van der Waals surface area contributed by atoms with Gasteiger partial charge in [0.15, 0.2) is 0 Å². The van der Waals surface area contributed by atoms with Gasteiger partial charge in [0.2, 0.25) is 11.5 Å². The molecule has 0 atom stereocenters. The quantitative estimate of drug-likeness (QED) is 0.445. The number of carbonyl (C=O) groups is 2. The summed E-state index contributed by atoms with van der Waals surface area (Å²) in [5.74, 6) is 0. The van der Waals surface area contributed by atoms with E-state index in [9.17, 15) is 9.59 Å². The highest BCUT2D eigenvalue weighted by atomic mass is 32.2. The number of amides is 1. The monoisotopic (exact) mass is 133 g/mol. The molecule has 0 unspecified atom stereocenters. The van der Waals surface area contributed by atoms with Crippen LogP contribution in [0.15, 0.2) is 0 Å². The minimum atomic E-state index is -0.0305. The van der Waals surface area contributed by atoms with Crippen molar-refractivity contribution < 1.29 is 9.59 Å². The van der Waals surface area contributed by atoms with Gasteiger partial charge in [0.05, 0.1) is 0 Å². The molecule has 4 heteroatoms. The van der Waals surface area contributed by atoms with Crippen molar-refractivity contribution in [1.82, 2.24) is 4.72 Å². The van der Waals surface area contributed by atoms with E-state index in [1.807, 2.05) is 0 Å². The lowest BCUT2D eigenvalue weighted by molar-refractivity contribution is -0.111. The van der Waals surface area contributed by atoms with Crippen molar-refractivity contribution in [3.05, 3.63) is 0 Å². The molecule has 0 aliphatic rings. The average Bonchev–Trinajstić information content (AvgIpc) is 1.83. The van der Waals surface area contributed by atoms with Crippen LogP contribution in [0, 0.1) is 0 Å². The van der Waals surface area contributed by atoms with Crippen LogP contribution in [-0.4, -0.2) is 11.5 Å². The fraction of sp³-hybridized carbons (Fsp3) is 0.500. The third-order valence-corrected chi connectivity index (χ3v) is 1.24. The summed E-state index contributed by atoms with van der Waals surface area (Å²) in [5, 5.41) is -0.0305. The van der Waals surface area contributed by atoms with Crippen molar-refractivity contribution in [3.63, 3.8) is 0 Å². The first kappa shape index (κ1) is 7.49. The molecule has 0 aliphatic carbocycles. The van der Waals surface area contributed by atoms with E-state index in [2.05, 4.69) is 4.72 Å². The Morgan fingerprint density at radius 3 is 2.88 bits per heavy atom. The SMILES string of the molecule is CCC(=O)SNC=O. The fourth-order valence-corrected chi connectivity index (χ4v) is 0.486. The molecule has 0 saturated heterocycles. The summed E-state index contributed by atoms with van der Waals surface area (Å²) in [7, 11) is 0. The molecule has 1 N–H and O–H groups in total. The first-order chi connectivity index (χ1) is 3.81. The standard InChI is InChI=1S/C4H7NO2S/c1-2-4(7)8-5-3-6/h3H,2H2,1H3,(H,5,6). The van der Waals surface area contributed by atoms with E-state index in [0.717, 1.165) is 11.9 Å². The number of hydrogen-bond acceptors (Lipinski definition) is 3. The Hall–Kier alpha value is -0.510. The molecule has 0 spiro atoms. The van der Waals surface area contributed by atoms with E-state index in [-0.39, 0.29) is 5.12 Å². The van der Waals surface area contributed by atoms with Crippen molar-refractivity contribution in [2.45, 2.75) is 13.3 Å². The summed E-state index contributed by atoms with van der Waals surface area (Å²) < 4.78 is 2.19. The molecule has 0 aromatic heterocycles. The van der Waals surface area contributed by atoms with Gasteiger partial charge in [-0.1, -0.05) is 6.92 Å². The average molecular weight is 133 g/mol. The van der Waals surface area contributed by atoms with Gasteiger partial charge < -0.3 is 0 Å². The number of hydrogen-bond donors (Lipinski definition) is 1. The summed E-state index contributed by atoms with van der Waals surface area (Å²) >= 11 is 0.819. The zero-order valence-corrected chi connectivity index (χ0v) is 5.33. The molecule has 0 rings (SSSR count). The molecular formula is C4H7NO2S. The molecule has 0 aromatic carbocycles. The van der Waals surface area contributed by atoms with Gasteiger partial charge in [0.1, 0.15) is 0 Å². The van der Waals surface area contributed by atoms with Crippen molar-refractivity contribution in [2.75, 3.05) is 0 Å². The second kappa shape index (κ2) is 4.64. The van der Waals surface area contributed by atoms with Gasteiger partial charge in [0, 0.05) is 18.4 Å². The van der Waals surface area contributed by atoms with Crippen LogP contribution in [0.5, 0.6) is 0 Å². The number of rotatable bonds is 3. The zero-order valence-electron chi connectivity index (χ0n) is 4.51. The maximum atomic E-state index is 10.3. The largest absolute Gasteiger partial charge is 0.296 e. The second-order valence-electron chi connectivity index (χ2n) is 1.06. The Bertz CT molecular complexity index is 94.0. The summed E-state index contributed by atoms with van der Waals surface area (Å²) in [6, 6.07) is 0. The van der Waals surface area contributed by atoms with Gasteiger partial charge >= 0.3 is 0 Å². The second-order valence-corrected chi connectivity index (χ2v) is 1.96. The van der Waals surface area contributed by atoms with Gasteiger partial charge in [-0.2, -0.15) is 0 Å². The maximum Gasteiger partial charge on any atom is 0.217 e. The maximum absolute atomic E-state index is 10.3. The normalized spacial score (nSPS) is 8.12. The molecule has 0 aliphatic heterocycles. The predicted molar refractivity (Wildman–Crippen MR) is 32.1 cm³/mol. The molecule has 0 radical (unpaired) electrons. The van der Waals surface area contributed by atoms with Crippen LogP contribution in [0.1, 0.15) is 13.3 Å². The summed E-state index contributed by atoms with van der Waals surface area (Å²) in [4.78, 5) is 19.9. The molecule has 0 fully saturated rings.